The Morgan fingerprint density at radius 3 is 2.69 bits per heavy atom. The molecule has 0 atom stereocenters. The van der Waals surface area contributed by atoms with Crippen LogP contribution in [0.3, 0.4) is 0 Å². The minimum absolute atomic E-state index is 0.0157. The fourth-order valence-electron chi connectivity index (χ4n) is 4.35. The van der Waals surface area contributed by atoms with Crippen molar-refractivity contribution in [3.8, 4) is 11.5 Å². The van der Waals surface area contributed by atoms with Gasteiger partial charge in [0.15, 0.2) is 18.1 Å². The van der Waals surface area contributed by atoms with Gasteiger partial charge in [0.05, 0.1) is 11.5 Å². The summed E-state index contributed by atoms with van der Waals surface area (Å²) in [4.78, 5) is 27.9. The average Bonchev–Trinajstić information content (AvgIpc) is 3.12. The van der Waals surface area contributed by atoms with Crippen molar-refractivity contribution in [3.63, 3.8) is 0 Å². The molecule has 2 amide bonds. The van der Waals surface area contributed by atoms with Crippen LogP contribution < -0.4 is 14.8 Å². The zero-order valence-corrected chi connectivity index (χ0v) is 21.7. The van der Waals surface area contributed by atoms with Gasteiger partial charge in [0, 0.05) is 11.7 Å². The molecular formula is C27H30N2O4S2. The third kappa shape index (κ3) is 6.44. The summed E-state index contributed by atoms with van der Waals surface area (Å²) in [5, 5.41) is 2.83. The van der Waals surface area contributed by atoms with E-state index in [2.05, 4.69) is 5.32 Å². The maximum atomic E-state index is 13.1. The number of anilines is 1. The molecule has 1 saturated heterocycles. The molecule has 2 aromatic rings. The number of thiocarbonyl (C=S) groups is 1. The number of rotatable bonds is 8. The first-order chi connectivity index (χ1) is 16.9. The number of carbonyl (C=O) groups is 2. The fourth-order valence-corrected chi connectivity index (χ4v) is 5.75. The Bertz CT molecular complexity index is 1140. The van der Waals surface area contributed by atoms with Crippen LogP contribution in [0.2, 0.25) is 0 Å². The fraction of sp³-hybridized carbons (Fsp3) is 0.370. The van der Waals surface area contributed by atoms with Gasteiger partial charge in [-0.05, 0) is 68.2 Å². The van der Waals surface area contributed by atoms with Gasteiger partial charge in [-0.1, -0.05) is 61.4 Å². The number of nitrogens with zero attached hydrogens (tertiary/aromatic N) is 1. The topological polar surface area (TPSA) is 67.9 Å². The molecule has 1 saturated carbocycles. The van der Waals surface area contributed by atoms with E-state index in [9.17, 15) is 9.59 Å². The lowest BCUT2D eigenvalue weighted by molar-refractivity contribution is -0.124. The summed E-state index contributed by atoms with van der Waals surface area (Å²) in [7, 11) is 0. The summed E-state index contributed by atoms with van der Waals surface area (Å²) in [6, 6.07) is 13.2. The van der Waals surface area contributed by atoms with Crippen molar-refractivity contribution in [3.05, 3.63) is 58.5 Å². The van der Waals surface area contributed by atoms with Crippen LogP contribution >= 0.6 is 24.0 Å². The van der Waals surface area contributed by atoms with Crippen LogP contribution in [0, 0.1) is 6.92 Å². The molecule has 35 heavy (non-hydrogen) atoms. The van der Waals surface area contributed by atoms with E-state index in [-0.39, 0.29) is 24.5 Å². The quantitative estimate of drug-likeness (QED) is 0.350. The normalized spacial score (nSPS) is 17.7. The van der Waals surface area contributed by atoms with Crippen molar-refractivity contribution in [2.24, 2.45) is 0 Å². The maximum absolute atomic E-state index is 13.1. The molecule has 6 nitrogen and oxygen atoms in total. The number of amides is 2. The highest BCUT2D eigenvalue weighted by Crippen LogP contribution is 2.38. The largest absolute Gasteiger partial charge is 0.490 e. The number of carbonyl (C=O) groups excluding carboxylic acids is 2. The number of ether oxygens (including phenoxy) is 2. The molecule has 184 valence electrons. The summed E-state index contributed by atoms with van der Waals surface area (Å²) < 4.78 is 12.2. The standard InChI is InChI=1S/C27H30N2O4S2/c1-3-32-23-15-19(16-24-26(31)29(27(34)35-24)21-10-5-4-6-11-21)12-13-22(23)33-17-25(30)28-20-9-7-8-18(2)14-20/h7-9,12-16,21H,3-6,10-11,17H2,1-2H3,(H,28,30)/b24-16-. The van der Waals surface area contributed by atoms with Crippen molar-refractivity contribution < 1.29 is 19.1 Å². The first-order valence-corrected chi connectivity index (χ1v) is 13.2. The van der Waals surface area contributed by atoms with E-state index in [1.807, 2.05) is 56.3 Å². The van der Waals surface area contributed by atoms with E-state index >= 15 is 0 Å². The first-order valence-electron chi connectivity index (χ1n) is 12.0. The van der Waals surface area contributed by atoms with Gasteiger partial charge in [-0.15, -0.1) is 0 Å². The van der Waals surface area contributed by atoms with E-state index in [0.717, 1.165) is 42.5 Å². The molecule has 0 aromatic heterocycles. The Morgan fingerprint density at radius 1 is 1.14 bits per heavy atom. The molecule has 4 rings (SSSR count). The van der Waals surface area contributed by atoms with Crippen molar-refractivity contribution in [1.29, 1.82) is 0 Å². The second-order valence-electron chi connectivity index (χ2n) is 8.69. The summed E-state index contributed by atoms with van der Waals surface area (Å²) in [6.07, 6.45) is 7.38. The Morgan fingerprint density at radius 2 is 1.94 bits per heavy atom. The van der Waals surface area contributed by atoms with E-state index in [1.54, 1.807) is 11.0 Å². The molecule has 8 heteroatoms. The Kier molecular flexibility index (Phi) is 8.46. The molecule has 1 aliphatic heterocycles. The third-order valence-corrected chi connectivity index (χ3v) is 7.32. The highest BCUT2D eigenvalue weighted by molar-refractivity contribution is 8.26. The van der Waals surface area contributed by atoms with Gasteiger partial charge in [-0.2, -0.15) is 0 Å². The van der Waals surface area contributed by atoms with Crippen LogP contribution in [0.1, 0.15) is 50.2 Å². The second kappa shape index (κ2) is 11.7. The highest BCUT2D eigenvalue weighted by Gasteiger charge is 2.37. The van der Waals surface area contributed by atoms with Gasteiger partial charge >= 0.3 is 0 Å². The maximum Gasteiger partial charge on any atom is 0.266 e. The smallest absolute Gasteiger partial charge is 0.266 e. The van der Waals surface area contributed by atoms with Gasteiger partial charge < -0.3 is 14.8 Å². The lowest BCUT2D eigenvalue weighted by Gasteiger charge is -2.29. The minimum Gasteiger partial charge on any atom is -0.490 e. The van der Waals surface area contributed by atoms with Crippen molar-refractivity contribution in [1.82, 2.24) is 4.90 Å². The number of nitrogens with one attached hydrogen (secondary N) is 1. The summed E-state index contributed by atoms with van der Waals surface area (Å²) in [5.74, 6) is 0.719. The van der Waals surface area contributed by atoms with E-state index in [4.69, 9.17) is 21.7 Å². The number of hydrogen-bond donors (Lipinski definition) is 1. The number of hydrogen-bond acceptors (Lipinski definition) is 6. The van der Waals surface area contributed by atoms with Crippen LogP contribution in [-0.4, -0.2) is 40.3 Å². The van der Waals surface area contributed by atoms with E-state index < -0.39 is 0 Å². The molecule has 1 heterocycles. The average molecular weight is 511 g/mol. The third-order valence-electron chi connectivity index (χ3n) is 5.99. The molecule has 0 spiro atoms. The van der Waals surface area contributed by atoms with Crippen LogP contribution in [0.4, 0.5) is 5.69 Å². The lowest BCUT2D eigenvalue weighted by Crippen LogP contribution is -2.39. The molecule has 2 fully saturated rings. The number of aryl methyl sites for hydroxylation is 1. The Hall–Kier alpha value is -2.84. The lowest BCUT2D eigenvalue weighted by atomic mass is 9.94. The SMILES string of the molecule is CCOc1cc(/C=C2\SC(=S)N(C3CCCCC3)C2=O)ccc1OCC(=O)Nc1cccc(C)c1. The number of thioether (sulfide) groups is 1. The first kappa shape index (κ1) is 25.3. The van der Waals surface area contributed by atoms with E-state index in [0.29, 0.717) is 27.3 Å². The molecule has 0 radical (unpaired) electrons. The van der Waals surface area contributed by atoms with Gasteiger partial charge in [0.25, 0.3) is 11.8 Å². The van der Waals surface area contributed by atoms with Crippen molar-refractivity contribution in [2.75, 3.05) is 18.5 Å². The Balaban J connectivity index is 1.44. The summed E-state index contributed by atoms with van der Waals surface area (Å²) in [6.45, 7) is 4.15. The molecule has 0 unspecified atom stereocenters. The van der Waals surface area contributed by atoms with Crippen LogP contribution in [0.25, 0.3) is 6.08 Å². The van der Waals surface area contributed by atoms with Gasteiger partial charge in [-0.25, -0.2) is 0 Å². The van der Waals surface area contributed by atoms with Crippen LogP contribution in [0.15, 0.2) is 47.4 Å². The molecular weight excluding hydrogens is 480 g/mol. The zero-order chi connectivity index (χ0) is 24.8. The molecule has 2 aromatic carbocycles. The van der Waals surface area contributed by atoms with Gasteiger partial charge in [0.2, 0.25) is 0 Å². The highest BCUT2D eigenvalue weighted by atomic mass is 32.2. The second-order valence-corrected chi connectivity index (χ2v) is 10.4. The zero-order valence-electron chi connectivity index (χ0n) is 20.0. The summed E-state index contributed by atoms with van der Waals surface area (Å²) >= 11 is 6.89. The van der Waals surface area contributed by atoms with Crippen molar-refractivity contribution >= 4 is 51.9 Å². The minimum atomic E-state index is -0.256. The molecule has 1 aliphatic carbocycles. The molecule has 1 N–H and O–H groups in total. The predicted octanol–water partition coefficient (Wildman–Crippen LogP) is 5.95. The van der Waals surface area contributed by atoms with E-state index in [1.165, 1.54) is 18.2 Å². The monoisotopic (exact) mass is 510 g/mol. The molecule has 0 bridgehead atoms. The summed E-state index contributed by atoms with van der Waals surface area (Å²) in [5.41, 5.74) is 2.60. The van der Waals surface area contributed by atoms with Crippen LogP contribution in [0.5, 0.6) is 11.5 Å². The predicted molar refractivity (Wildman–Crippen MR) is 145 cm³/mol. The van der Waals surface area contributed by atoms with Gasteiger partial charge in [0.1, 0.15) is 4.32 Å². The van der Waals surface area contributed by atoms with Crippen molar-refractivity contribution in [2.45, 2.75) is 52.0 Å². The number of benzene rings is 2. The molecule has 2 aliphatic rings. The Labute approximate surface area is 216 Å². The van der Waals surface area contributed by atoms with Crippen LogP contribution in [-0.2, 0) is 9.59 Å². The van der Waals surface area contributed by atoms with Gasteiger partial charge in [-0.3, -0.25) is 14.5 Å².